The Balaban J connectivity index is 1.62. The van der Waals surface area contributed by atoms with Crippen LogP contribution in [0.1, 0.15) is 57.3 Å². The molecule has 4 rings (SSSR count). The number of hydrogen-bond donors (Lipinski definition) is 2. The summed E-state index contributed by atoms with van der Waals surface area (Å²) in [6.07, 6.45) is 3.85. The Kier molecular flexibility index (Phi) is 5.89. The SMILES string of the molecule is CCOC(=O)NC(=O)c1c(NC(=O)c2ccc3c(c2)OCO3)sc2c1CCCCC2. The monoisotopic (exact) mass is 430 g/mol. The fourth-order valence-corrected chi connectivity index (χ4v) is 4.89. The van der Waals surface area contributed by atoms with E-state index in [2.05, 4.69) is 10.6 Å². The van der Waals surface area contributed by atoms with Gasteiger partial charge >= 0.3 is 6.09 Å². The molecule has 1 aliphatic heterocycles. The van der Waals surface area contributed by atoms with Gasteiger partial charge in [-0.05, 0) is 56.4 Å². The molecule has 30 heavy (non-hydrogen) atoms. The number of rotatable bonds is 4. The second kappa shape index (κ2) is 8.74. The molecule has 0 atom stereocenters. The van der Waals surface area contributed by atoms with Gasteiger partial charge in [-0.2, -0.15) is 0 Å². The van der Waals surface area contributed by atoms with Crippen LogP contribution in [0.5, 0.6) is 11.5 Å². The fraction of sp³-hybridized carbons (Fsp3) is 0.381. The van der Waals surface area contributed by atoms with Crippen molar-refractivity contribution in [3.63, 3.8) is 0 Å². The molecule has 9 heteroatoms. The largest absolute Gasteiger partial charge is 0.454 e. The number of imide groups is 1. The van der Waals surface area contributed by atoms with Crippen molar-refractivity contribution < 1.29 is 28.6 Å². The number of hydrogen-bond acceptors (Lipinski definition) is 7. The van der Waals surface area contributed by atoms with Crippen molar-refractivity contribution in [2.45, 2.75) is 39.0 Å². The third-order valence-electron chi connectivity index (χ3n) is 5.00. The number of ether oxygens (including phenoxy) is 3. The number of aryl methyl sites for hydroxylation is 1. The molecular formula is C21H22N2O6S. The lowest BCUT2D eigenvalue weighted by Gasteiger charge is -2.10. The summed E-state index contributed by atoms with van der Waals surface area (Å²) < 4.78 is 15.4. The Bertz CT molecular complexity index is 1000. The van der Waals surface area contributed by atoms with E-state index in [0.29, 0.717) is 27.6 Å². The summed E-state index contributed by atoms with van der Waals surface area (Å²) in [5, 5.41) is 5.55. The van der Waals surface area contributed by atoms with Crippen molar-refractivity contribution >= 4 is 34.2 Å². The van der Waals surface area contributed by atoms with Crippen molar-refractivity contribution in [1.82, 2.24) is 5.32 Å². The summed E-state index contributed by atoms with van der Waals surface area (Å²) in [5.74, 6) is 0.164. The lowest BCUT2D eigenvalue weighted by Crippen LogP contribution is -2.32. The zero-order chi connectivity index (χ0) is 21.1. The quantitative estimate of drug-likeness (QED) is 0.714. The predicted octanol–water partition coefficient (Wildman–Crippen LogP) is 3.88. The van der Waals surface area contributed by atoms with Crippen LogP contribution in [0.2, 0.25) is 0 Å². The van der Waals surface area contributed by atoms with Crippen LogP contribution in [0.4, 0.5) is 9.80 Å². The standard InChI is InChI=1S/C21H22N2O6S/c1-2-27-21(26)23-19(25)17-13-6-4-3-5-7-16(13)30-20(17)22-18(24)12-8-9-14-15(10-12)29-11-28-14/h8-10H,2-7,11H2,1H3,(H,22,24)(H,23,25,26). The molecule has 2 N–H and O–H groups in total. The third-order valence-corrected chi connectivity index (χ3v) is 6.21. The molecule has 1 aliphatic carbocycles. The zero-order valence-electron chi connectivity index (χ0n) is 16.5. The lowest BCUT2D eigenvalue weighted by molar-refractivity contribution is 0.0925. The van der Waals surface area contributed by atoms with Crippen LogP contribution in [0, 0.1) is 0 Å². The molecule has 2 aromatic rings. The molecule has 0 spiro atoms. The van der Waals surface area contributed by atoms with Gasteiger partial charge in [0.05, 0.1) is 12.2 Å². The van der Waals surface area contributed by atoms with E-state index >= 15 is 0 Å². The molecule has 0 saturated carbocycles. The Morgan fingerprint density at radius 1 is 1.07 bits per heavy atom. The van der Waals surface area contributed by atoms with Crippen molar-refractivity contribution in [2.24, 2.45) is 0 Å². The van der Waals surface area contributed by atoms with Crippen LogP contribution in [0.15, 0.2) is 18.2 Å². The maximum absolute atomic E-state index is 12.9. The molecule has 1 aromatic carbocycles. The molecule has 1 aromatic heterocycles. The maximum atomic E-state index is 12.9. The summed E-state index contributed by atoms with van der Waals surface area (Å²) in [6.45, 7) is 1.95. The summed E-state index contributed by atoms with van der Waals surface area (Å²) in [7, 11) is 0. The highest BCUT2D eigenvalue weighted by atomic mass is 32.1. The summed E-state index contributed by atoms with van der Waals surface area (Å²) in [4.78, 5) is 38.6. The molecule has 2 heterocycles. The number of thiophene rings is 1. The summed E-state index contributed by atoms with van der Waals surface area (Å²) >= 11 is 1.39. The predicted molar refractivity (Wildman–Crippen MR) is 111 cm³/mol. The topological polar surface area (TPSA) is 103 Å². The fourth-order valence-electron chi connectivity index (χ4n) is 3.61. The molecule has 158 valence electrons. The number of anilines is 1. The van der Waals surface area contributed by atoms with Crippen molar-refractivity contribution in [2.75, 3.05) is 18.7 Å². The van der Waals surface area contributed by atoms with Gasteiger partial charge in [-0.25, -0.2) is 4.79 Å². The van der Waals surface area contributed by atoms with Gasteiger partial charge in [0.2, 0.25) is 6.79 Å². The second-order valence-electron chi connectivity index (χ2n) is 6.97. The van der Waals surface area contributed by atoms with E-state index in [-0.39, 0.29) is 19.3 Å². The van der Waals surface area contributed by atoms with E-state index < -0.39 is 12.0 Å². The molecule has 0 radical (unpaired) electrons. The van der Waals surface area contributed by atoms with E-state index in [1.807, 2.05) is 0 Å². The molecule has 0 unspecified atom stereocenters. The van der Waals surface area contributed by atoms with E-state index in [4.69, 9.17) is 14.2 Å². The third kappa shape index (κ3) is 4.11. The highest BCUT2D eigenvalue weighted by Crippen LogP contribution is 2.38. The van der Waals surface area contributed by atoms with Gasteiger partial charge in [0.15, 0.2) is 11.5 Å². The number of nitrogens with one attached hydrogen (secondary N) is 2. The van der Waals surface area contributed by atoms with E-state index in [9.17, 15) is 14.4 Å². The van der Waals surface area contributed by atoms with Crippen LogP contribution < -0.4 is 20.1 Å². The Morgan fingerprint density at radius 2 is 1.87 bits per heavy atom. The number of amides is 3. The normalized spacial score (nSPS) is 14.4. The minimum Gasteiger partial charge on any atom is -0.454 e. The average Bonchev–Trinajstić information content (AvgIpc) is 3.25. The molecule has 0 saturated heterocycles. The van der Waals surface area contributed by atoms with Crippen molar-refractivity contribution in [3.8, 4) is 11.5 Å². The van der Waals surface area contributed by atoms with Crippen LogP contribution in [-0.2, 0) is 17.6 Å². The maximum Gasteiger partial charge on any atom is 0.414 e. The van der Waals surface area contributed by atoms with Gasteiger partial charge in [-0.15, -0.1) is 11.3 Å². The summed E-state index contributed by atoms with van der Waals surface area (Å²) in [6, 6.07) is 4.92. The summed E-state index contributed by atoms with van der Waals surface area (Å²) in [5.41, 5.74) is 1.64. The first-order chi connectivity index (χ1) is 14.6. The average molecular weight is 430 g/mol. The molecule has 8 nitrogen and oxygen atoms in total. The Hall–Kier alpha value is -3.07. The van der Waals surface area contributed by atoms with Gasteiger partial charge in [0, 0.05) is 10.4 Å². The molecular weight excluding hydrogens is 408 g/mol. The minimum atomic E-state index is -0.802. The lowest BCUT2D eigenvalue weighted by atomic mass is 10.0. The van der Waals surface area contributed by atoms with Crippen LogP contribution in [0.25, 0.3) is 0 Å². The molecule has 0 bridgehead atoms. The van der Waals surface area contributed by atoms with Crippen molar-refractivity contribution in [3.05, 3.63) is 39.8 Å². The molecule has 0 fully saturated rings. The van der Waals surface area contributed by atoms with Gasteiger partial charge < -0.3 is 19.5 Å². The minimum absolute atomic E-state index is 0.121. The molecule has 3 amide bonds. The van der Waals surface area contributed by atoms with Crippen LogP contribution in [0.3, 0.4) is 0 Å². The van der Waals surface area contributed by atoms with E-state index in [1.165, 1.54) is 11.3 Å². The number of fused-ring (bicyclic) bond motifs is 2. The zero-order valence-corrected chi connectivity index (χ0v) is 17.4. The first-order valence-corrected chi connectivity index (χ1v) is 10.7. The highest BCUT2D eigenvalue weighted by molar-refractivity contribution is 7.17. The second-order valence-corrected chi connectivity index (χ2v) is 8.07. The van der Waals surface area contributed by atoms with E-state index in [1.54, 1.807) is 25.1 Å². The van der Waals surface area contributed by atoms with Gasteiger partial charge in [0.25, 0.3) is 11.8 Å². The van der Waals surface area contributed by atoms with Crippen LogP contribution >= 0.6 is 11.3 Å². The Labute approximate surface area is 177 Å². The molecule has 2 aliphatic rings. The smallest absolute Gasteiger partial charge is 0.414 e. The first-order valence-electron chi connectivity index (χ1n) is 9.90. The van der Waals surface area contributed by atoms with Gasteiger partial charge in [0.1, 0.15) is 5.00 Å². The number of carbonyl (C=O) groups is 3. The van der Waals surface area contributed by atoms with E-state index in [0.717, 1.165) is 42.5 Å². The number of carbonyl (C=O) groups excluding carboxylic acids is 3. The first kappa shape index (κ1) is 20.2. The van der Waals surface area contributed by atoms with Gasteiger partial charge in [-0.1, -0.05) is 6.42 Å². The highest BCUT2D eigenvalue weighted by Gasteiger charge is 2.27. The number of alkyl carbamates (subject to hydrolysis) is 1. The number of benzene rings is 1. The van der Waals surface area contributed by atoms with Gasteiger partial charge in [-0.3, -0.25) is 14.9 Å². The van der Waals surface area contributed by atoms with Crippen LogP contribution in [-0.4, -0.2) is 31.3 Å². The Morgan fingerprint density at radius 3 is 2.70 bits per heavy atom. The van der Waals surface area contributed by atoms with Crippen molar-refractivity contribution in [1.29, 1.82) is 0 Å².